The van der Waals surface area contributed by atoms with E-state index in [9.17, 15) is 9.90 Å². The number of phenolic OH excluding ortho intramolecular Hbond substituents is 1. The highest BCUT2D eigenvalue weighted by molar-refractivity contribution is 5.59. The van der Waals surface area contributed by atoms with Gasteiger partial charge < -0.3 is 19.3 Å². The molecule has 0 bridgehead atoms. The van der Waals surface area contributed by atoms with E-state index >= 15 is 0 Å². The number of hydrogen-bond donors (Lipinski definition) is 1. The molecule has 0 saturated heterocycles. The topological polar surface area (TPSA) is 65.0 Å². The molecule has 0 aromatic heterocycles. The number of hydrogen-bond acceptors (Lipinski definition) is 5. The Balaban J connectivity index is 2.91. The van der Waals surface area contributed by atoms with E-state index in [1.54, 1.807) is 6.92 Å². The van der Waals surface area contributed by atoms with Crippen LogP contribution in [-0.4, -0.2) is 24.7 Å². The molecule has 0 atom stereocenters. The van der Waals surface area contributed by atoms with Gasteiger partial charge in [0.15, 0.2) is 0 Å². The first-order valence-corrected chi connectivity index (χ1v) is 10.9. The maximum Gasteiger partial charge on any atom is 0.511 e. The third-order valence-corrected chi connectivity index (χ3v) is 4.71. The Morgan fingerprint density at radius 2 is 1.83 bits per heavy atom. The van der Waals surface area contributed by atoms with Gasteiger partial charge in [-0.25, -0.2) is 4.79 Å². The molecule has 168 valence electrons. The molecule has 0 aliphatic heterocycles. The quantitative estimate of drug-likeness (QED) is 0.164. The third kappa shape index (κ3) is 10.4. The van der Waals surface area contributed by atoms with E-state index in [0.29, 0.717) is 17.7 Å². The average Bonchev–Trinajstić information content (AvgIpc) is 2.67. The van der Waals surface area contributed by atoms with Crippen molar-refractivity contribution in [3.8, 4) is 11.5 Å². The second-order valence-electron chi connectivity index (χ2n) is 7.71. The summed E-state index contributed by atoms with van der Waals surface area (Å²) in [5, 5.41) is 10.6. The van der Waals surface area contributed by atoms with Crippen LogP contribution in [0, 0.1) is 0 Å². The zero-order chi connectivity index (χ0) is 22.4. The van der Waals surface area contributed by atoms with Crippen molar-refractivity contribution in [1.29, 1.82) is 0 Å². The first-order valence-electron chi connectivity index (χ1n) is 10.9. The Hall–Kier alpha value is -2.43. The Labute approximate surface area is 181 Å². The molecular formula is C25H38O5. The van der Waals surface area contributed by atoms with Gasteiger partial charge in [-0.1, -0.05) is 43.1 Å². The van der Waals surface area contributed by atoms with E-state index in [4.69, 9.17) is 14.2 Å². The molecule has 30 heavy (non-hydrogen) atoms. The average molecular weight is 419 g/mol. The predicted molar refractivity (Wildman–Crippen MR) is 121 cm³/mol. The summed E-state index contributed by atoms with van der Waals surface area (Å²) in [6.07, 6.45) is 10.3. The summed E-state index contributed by atoms with van der Waals surface area (Å²) in [7, 11) is 0. The van der Waals surface area contributed by atoms with Crippen LogP contribution < -0.4 is 4.74 Å². The maximum atomic E-state index is 11.4. The molecule has 0 amide bonds. The summed E-state index contributed by atoms with van der Waals surface area (Å²) in [6.45, 7) is 10.2. The number of ether oxygens (including phenoxy) is 3. The van der Waals surface area contributed by atoms with Crippen molar-refractivity contribution in [1.82, 2.24) is 0 Å². The summed E-state index contributed by atoms with van der Waals surface area (Å²) in [5.41, 5.74) is 4.28. The zero-order valence-electron chi connectivity index (χ0n) is 19.3. The van der Waals surface area contributed by atoms with E-state index in [2.05, 4.69) is 39.8 Å². The molecule has 1 aromatic rings. The Bertz CT molecular complexity index is 714. The monoisotopic (exact) mass is 418 g/mol. The van der Waals surface area contributed by atoms with Gasteiger partial charge in [0.05, 0.1) is 6.61 Å². The molecular weight excluding hydrogens is 380 g/mol. The van der Waals surface area contributed by atoms with Crippen LogP contribution in [0.3, 0.4) is 0 Å². The second-order valence-corrected chi connectivity index (χ2v) is 7.71. The van der Waals surface area contributed by atoms with E-state index < -0.39 is 6.16 Å². The van der Waals surface area contributed by atoms with E-state index in [1.807, 2.05) is 12.1 Å². The first-order chi connectivity index (χ1) is 14.4. The van der Waals surface area contributed by atoms with Crippen molar-refractivity contribution >= 4 is 6.16 Å². The number of carbonyl (C=O) groups excluding carboxylic acids is 1. The number of carbonyl (C=O) groups is 1. The summed E-state index contributed by atoms with van der Waals surface area (Å²) in [5.74, 6) is 0.752. The molecule has 0 spiro atoms. The van der Waals surface area contributed by atoms with Crippen molar-refractivity contribution in [3.05, 3.63) is 46.6 Å². The molecule has 1 rings (SSSR count). The van der Waals surface area contributed by atoms with Gasteiger partial charge in [0.25, 0.3) is 0 Å². The van der Waals surface area contributed by atoms with Crippen LogP contribution in [0.2, 0.25) is 0 Å². The van der Waals surface area contributed by atoms with Crippen molar-refractivity contribution < 1.29 is 24.1 Å². The van der Waals surface area contributed by atoms with E-state index in [1.165, 1.54) is 11.1 Å². The molecule has 0 saturated carbocycles. The fraction of sp³-hybridized carbons (Fsp3) is 0.560. The van der Waals surface area contributed by atoms with Crippen molar-refractivity contribution in [2.45, 2.75) is 79.6 Å². The number of aryl methyl sites for hydroxylation is 1. The van der Waals surface area contributed by atoms with Gasteiger partial charge in [0.2, 0.25) is 6.79 Å². The third-order valence-electron chi connectivity index (χ3n) is 4.71. The maximum absolute atomic E-state index is 11.4. The molecule has 1 N–H and O–H groups in total. The summed E-state index contributed by atoms with van der Waals surface area (Å²) in [6, 6.07) is 3.75. The van der Waals surface area contributed by atoms with E-state index in [0.717, 1.165) is 44.1 Å². The number of unbranched alkanes of at least 4 members (excludes halogenated alkanes) is 2. The highest BCUT2D eigenvalue weighted by atomic mass is 16.8. The summed E-state index contributed by atoms with van der Waals surface area (Å²) < 4.78 is 15.4. The van der Waals surface area contributed by atoms with Crippen LogP contribution in [0.25, 0.3) is 0 Å². The number of allylic oxidation sites excluding steroid dienone is 4. The molecule has 5 nitrogen and oxygen atoms in total. The lowest BCUT2D eigenvalue weighted by molar-refractivity contribution is 0.00652. The van der Waals surface area contributed by atoms with Crippen molar-refractivity contribution in [2.75, 3.05) is 13.4 Å². The fourth-order valence-corrected chi connectivity index (χ4v) is 3.01. The fourth-order valence-electron chi connectivity index (χ4n) is 3.01. The summed E-state index contributed by atoms with van der Waals surface area (Å²) >= 11 is 0. The highest BCUT2D eigenvalue weighted by Crippen LogP contribution is 2.32. The molecule has 0 aliphatic rings. The minimum absolute atomic E-state index is 0.212. The van der Waals surface area contributed by atoms with Crippen LogP contribution in [0.15, 0.2) is 35.4 Å². The molecule has 1 aromatic carbocycles. The predicted octanol–water partition coefficient (Wildman–Crippen LogP) is 6.87. The second kappa shape index (κ2) is 14.5. The number of phenols is 1. The lowest BCUT2D eigenvalue weighted by atomic mass is 10.0. The molecule has 0 unspecified atom stereocenters. The van der Waals surface area contributed by atoms with Gasteiger partial charge in [0, 0.05) is 5.56 Å². The molecule has 0 heterocycles. The van der Waals surface area contributed by atoms with Crippen LogP contribution in [-0.2, 0) is 22.3 Å². The molecule has 5 heteroatoms. The van der Waals surface area contributed by atoms with Crippen LogP contribution in [0.1, 0.15) is 77.8 Å². The van der Waals surface area contributed by atoms with Gasteiger partial charge in [-0.05, 0) is 77.5 Å². The Morgan fingerprint density at radius 1 is 1.07 bits per heavy atom. The van der Waals surface area contributed by atoms with Gasteiger partial charge in [-0.3, -0.25) is 0 Å². The van der Waals surface area contributed by atoms with Gasteiger partial charge in [-0.2, -0.15) is 0 Å². The Kier molecular flexibility index (Phi) is 12.4. The van der Waals surface area contributed by atoms with Crippen LogP contribution >= 0.6 is 0 Å². The standard InChI is InChI=1S/C25H38O5/c1-6-8-9-13-21-16-23(26)22(15-14-20(5)12-10-11-19(3)4)24(17-21)29-18-30-25(27)28-7-2/h11,14,16-17,26H,6-10,12-13,15,18H2,1-5H3. The lowest BCUT2D eigenvalue weighted by Gasteiger charge is -2.15. The lowest BCUT2D eigenvalue weighted by Crippen LogP contribution is -2.12. The van der Waals surface area contributed by atoms with Crippen molar-refractivity contribution in [3.63, 3.8) is 0 Å². The normalized spacial score (nSPS) is 11.2. The smallest absolute Gasteiger partial charge is 0.508 e. The number of benzene rings is 1. The first kappa shape index (κ1) is 25.6. The summed E-state index contributed by atoms with van der Waals surface area (Å²) in [4.78, 5) is 11.4. The minimum Gasteiger partial charge on any atom is -0.508 e. The van der Waals surface area contributed by atoms with Crippen LogP contribution in [0.5, 0.6) is 11.5 Å². The van der Waals surface area contributed by atoms with Gasteiger partial charge in [-0.15, -0.1) is 0 Å². The zero-order valence-corrected chi connectivity index (χ0v) is 19.3. The van der Waals surface area contributed by atoms with E-state index in [-0.39, 0.29) is 19.1 Å². The molecule has 0 aliphatic carbocycles. The Morgan fingerprint density at radius 3 is 2.50 bits per heavy atom. The number of rotatable bonds is 13. The molecule has 0 fully saturated rings. The molecule has 0 radical (unpaired) electrons. The largest absolute Gasteiger partial charge is 0.511 e. The highest BCUT2D eigenvalue weighted by Gasteiger charge is 2.13. The van der Waals surface area contributed by atoms with Crippen molar-refractivity contribution in [2.24, 2.45) is 0 Å². The number of aromatic hydroxyl groups is 1. The SMILES string of the molecule is CCCCCc1cc(O)c(CC=C(C)CCC=C(C)C)c(OCOC(=O)OCC)c1. The van der Waals surface area contributed by atoms with Crippen LogP contribution in [0.4, 0.5) is 4.79 Å². The minimum atomic E-state index is -0.766. The van der Waals surface area contributed by atoms with Gasteiger partial charge in [0.1, 0.15) is 11.5 Å². The van der Waals surface area contributed by atoms with Gasteiger partial charge >= 0.3 is 6.16 Å².